The van der Waals surface area contributed by atoms with Gasteiger partial charge in [0.2, 0.25) is 17.8 Å². The number of hydrogen-bond acceptors (Lipinski definition) is 7. The molecule has 0 spiro atoms. The number of likely N-dealkylation sites (N-methyl/N-ethyl adjacent to an activating group) is 1. The van der Waals surface area contributed by atoms with Crippen molar-refractivity contribution in [2.24, 2.45) is 9.98 Å². The second-order valence-electron chi connectivity index (χ2n) is 14.3. The number of imidazole rings is 1. The summed E-state index contributed by atoms with van der Waals surface area (Å²) in [6.45, 7) is 9.02. The summed E-state index contributed by atoms with van der Waals surface area (Å²) in [4.78, 5) is 47.4. The summed E-state index contributed by atoms with van der Waals surface area (Å²) in [7, 11) is 3.26. The molecule has 288 valence electrons. The quantitative estimate of drug-likeness (QED) is 0.115. The number of aliphatic imine (C=N–C) groups is 2. The predicted molar refractivity (Wildman–Crippen MR) is 210 cm³/mol. The third-order valence-electron chi connectivity index (χ3n) is 8.47. The van der Waals surface area contributed by atoms with Crippen molar-refractivity contribution in [2.75, 3.05) is 45.6 Å². The smallest absolute Gasteiger partial charge is 0.410 e. The van der Waals surface area contributed by atoms with Crippen molar-refractivity contribution in [1.82, 2.24) is 35.3 Å². The van der Waals surface area contributed by atoms with Gasteiger partial charge in [0, 0.05) is 65.0 Å². The number of aromatic nitrogens is 2. The first-order valence-electron chi connectivity index (χ1n) is 17.8. The van der Waals surface area contributed by atoms with Gasteiger partial charge < -0.3 is 35.5 Å². The van der Waals surface area contributed by atoms with Crippen molar-refractivity contribution in [3.8, 4) is 6.07 Å². The van der Waals surface area contributed by atoms with Gasteiger partial charge in [0.05, 0.1) is 35.5 Å². The van der Waals surface area contributed by atoms with Crippen molar-refractivity contribution in [2.45, 2.75) is 51.9 Å². The molecule has 1 aliphatic heterocycles. The molecule has 5 rings (SSSR count). The minimum Gasteiger partial charge on any atom is -0.444 e. The van der Waals surface area contributed by atoms with Crippen molar-refractivity contribution < 1.29 is 18.7 Å². The fraction of sp³-hybridized carbons (Fsp3) is 0.359. The monoisotopic (exact) mass is 750 g/mol. The number of guanidine groups is 2. The topological polar surface area (TPSA) is 190 Å². The number of nitriles is 1. The highest BCUT2D eigenvalue weighted by molar-refractivity contribution is 5.99. The summed E-state index contributed by atoms with van der Waals surface area (Å²) in [5.41, 5.74) is 3.74. The maximum atomic E-state index is 13.8. The number of anilines is 1. The van der Waals surface area contributed by atoms with E-state index in [2.05, 4.69) is 46.9 Å². The van der Waals surface area contributed by atoms with E-state index in [9.17, 15) is 14.0 Å². The molecule has 2 heterocycles. The summed E-state index contributed by atoms with van der Waals surface area (Å²) >= 11 is 0. The van der Waals surface area contributed by atoms with Crippen LogP contribution >= 0.6 is 0 Å². The SMILES string of the molecule is CN(C)C(=O)[C@H](Cc1ccc(C#N)cc1)NC(=N)/N=C(\N=C\Nc1cccc(CN2CCN(C(=O)OC(C)(C)C)CC2)c1)NCc1nc2cc(F)ccc2[nH]1. The van der Waals surface area contributed by atoms with Crippen LogP contribution in [0.25, 0.3) is 11.0 Å². The molecular weight excluding hydrogens is 704 g/mol. The predicted octanol–water partition coefficient (Wildman–Crippen LogP) is 4.44. The van der Waals surface area contributed by atoms with Crippen LogP contribution in [0.5, 0.6) is 0 Å². The van der Waals surface area contributed by atoms with Gasteiger partial charge in [-0.05, 0) is 68.3 Å². The molecule has 16 heteroatoms. The summed E-state index contributed by atoms with van der Waals surface area (Å²) in [5, 5.41) is 27.0. The number of benzene rings is 3. The van der Waals surface area contributed by atoms with Crippen LogP contribution in [-0.4, -0.2) is 107 Å². The Bertz CT molecular complexity index is 2070. The van der Waals surface area contributed by atoms with Gasteiger partial charge in [0.25, 0.3) is 0 Å². The molecule has 4 aromatic rings. The van der Waals surface area contributed by atoms with Crippen LogP contribution in [0.15, 0.2) is 76.7 Å². The minimum absolute atomic E-state index is 0.0464. The summed E-state index contributed by atoms with van der Waals surface area (Å²) in [5.74, 6) is -0.428. The number of piperazine rings is 1. The Labute approximate surface area is 319 Å². The van der Waals surface area contributed by atoms with Crippen molar-refractivity contribution in [3.05, 3.63) is 95.1 Å². The molecule has 1 saturated heterocycles. The van der Waals surface area contributed by atoms with E-state index in [1.165, 1.54) is 23.4 Å². The van der Waals surface area contributed by atoms with E-state index >= 15 is 0 Å². The number of rotatable bonds is 10. The third-order valence-corrected chi connectivity index (χ3v) is 8.47. The van der Waals surface area contributed by atoms with Crippen LogP contribution in [0.2, 0.25) is 0 Å². The standard InChI is InChI=1S/C39H47FN12O3/c1-39(2,3)55-38(54)52-17-15-51(16-18-52)24-28-7-6-8-30(19-28)44-25-45-37(43-23-34-46-31-14-13-29(40)21-32(31)47-34)49-36(42)48-33(35(53)50(4)5)20-26-9-11-27(22-41)12-10-26/h6-14,19,21,25,33H,15-18,20,23-24H2,1-5H3,(H,46,47)(H4,42,43,44,45,48,49)/t33-/m0/s1. The number of carbonyl (C=O) groups excluding carboxylic acids is 2. The zero-order chi connectivity index (χ0) is 39.5. The maximum absolute atomic E-state index is 13.8. The number of fused-ring (bicyclic) bond motifs is 1. The first kappa shape index (κ1) is 39.9. The molecule has 0 bridgehead atoms. The number of ether oxygens (including phenoxy) is 1. The molecule has 1 aromatic heterocycles. The van der Waals surface area contributed by atoms with E-state index in [0.717, 1.165) is 29.9 Å². The second kappa shape index (κ2) is 18.1. The Kier molecular flexibility index (Phi) is 13.1. The normalized spacial score (nSPS) is 14.3. The lowest BCUT2D eigenvalue weighted by Crippen LogP contribution is -2.49. The number of amides is 2. The molecule has 0 radical (unpaired) electrons. The largest absolute Gasteiger partial charge is 0.444 e. The van der Waals surface area contributed by atoms with Gasteiger partial charge in [-0.2, -0.15) is 10.3 Å². The van der Waals surface area contributed by atoms with Crippen LogP contribution in [-0.2, 0) is 29.0 Å². The molecule has 3 aromatic carbocycles. The second-order valence-corrected chi connectivity index (χ2v) is 14.3. The number of nitrogens with one attached hydrogen (secondary N) is 5. The number of halogens is 1. The number of nitrogens with zero attached hydrogens (tertiary/aromatic N) is 7. The van der Waals surface area contributed by atoms with Crippen molar-refractivity contribution in [1.29, 1.82) is 10.7 Å². The van der Waals surface area contributed by atoms with Gasteiger partial charge in [0.1, 0.15) is 23.3 Å². The molecule has 0 unspecified atom stereocenters. The minimum atomic E-state index is -0.823. The highest BCUT2D eigenvalue weighted by atomic mass is 19.1. The fourth-order valence-electron chi connectivity index (χ4n) is 5.76. The lowest BCUT2D eigenvalue weighted by molar-refractivity contribution is -0.130. The summed E-state index contributed by atoms with van der Waals surface area (Å²) < 4.78 is 19.3. The number of aromatic amines is 1. The van der Waals surface area contributed by atoms with Gasteiger partial charge in [0.15, 0.2) is 0 Å². The van der Waals surface area contributed by atoms with Crippen LogP contribution in [0.1, 0.15) is 43.3 Å². The Morgan fingerprint density at radius 2 is 1.84 bits per heavy atom. The highest BCUT2D eigenvalue weighted by Crippen LogP contribution is 2.17. The summed E-state index contributed by atoms with van der Waals surface area (Å²) in [6, 6.07) is 20.3. The average Bonchev–Trinajstić information content (AvgIpc) is 3.55. The van der Waals surface area contributed by atoms with Crippen molar-refractivity contribution in [3.63, 3.8) is 0 Å². The first-order valence-corrected chi connectivity index (χ1v) is 17.8. The third kappa shape index (κ3) is 12.1. The highest BCUT2D eigenvalue weighted by Gasteiger charge is 2.26. The molecule has 15 nitrogen and oxygen atoms in total. The number of carbonyl (C=O) groups is 2. The molecule has 1 atom stereocenters. The van der Waals surface area contributed by atoms with Gasteiger partial charge in [-0.25, -0.2) is 19.2 Å². The lowest BCUT2D eigenvalue weighted by Gasteiger charge is -2.35. The maximum Gasteiger partial charge on any atom is 0.410 e. The van der Waals surface area contributed by atoms with Crippen LogP contribution < -0.4 is 16.0 Å². The first-order chi connectivity index (χ1) is 26.2. The molecule has 0 saturated carbocycles. The Balaban J connectivity index is 1.26. The lowest BCUT2D eigenvalue weighted by atomic mass is 10.0. The van der Waals surface area contributed by atoms with Crippen molar-refractivity contribution >= 4 is 47.0 Å². The zero-order valence-electron chi connectivity index (χ0n) is 31.7. The van der Waals surface area contributed by atoms with Gasteiger partial charge in [-0.15, -0.1) is 0 Å². The zero-order valence-corrected chi connectivity index (χ0v) is 31.7. The van der Waals surface area contributed by atoms with E-state index in [1.54, 1.807) is 49.3 Å². The molecular formula is C39H47FN12O3. The van der Waals surface area contributed by atoms with Gasteiger partial charge >= 0.3 is 6.09 Å². The van der Waals surface area contributed by atoms with E-state index in [0.29, 0.717) is 42.1 Å². The van der Waals surface area contributed by atoms with E-state index in [1.807, 2.05) is 45.0 Å². The van der Waals surface area contributed by atoms with Crippen LogP contribution in [0, 0.1) is 22.6 Å². The molecule has 55 heavy (non-hydrogen) atoms. The van der Waals surface area contributed by atoms with Crippen LogP contribution in [0.3, 0.4) is 0 Å². The molecule has 0 aliphatic carbocycles. The van der Waals surface area contributed by atoms with E-state index < -0.39 is 17.5 Å². The van der Waals surface area contributed by atoms with E-state index in [-0.39, 0.29) is 36.9 Å². The van der Waals surface area contributed by atoms with E-state index in [4.69, 9.17) is 15.4 Å². The van der Waals surface area contributed by atoms with Gasteiger partial charge in [-0.3, -0.25) is 15.1 Å². The Morgan fingerprint density at radius 1 is 1.09 bits per heavy atom. The molecule has 5 N–H and O–H groups in total. The Morgan fingerprint density at radius 3 is 2.53 bits per heavy atom. The molecule has 1 aliphatic rings. The number of H-pyrrole nitrogens is 1. The summed E-state index contributed by atoms with van der Waals surface area (Å²) in [6.07, 6.45) is 1.41. The number of hydrogen-bond donors (Lipinski definition) is 5. The average molecular weight is 751 g/mol. The Hall–Kier alpha value is -6.34. The van der Waals surface area contributed by atoms with Crippen LogP contribution in [0.4, 0.5) is 14.9 Å². The van der Waals surface area contributed by atoms with Gasteiger partial charge in [-0.1, -0.05) is 24.3 Å². The molecule has 1 fully saturated rings. The fourth-order valence-corrected chi connectivity index (χ4v) is 5.76. The molecule has 2 amide bonds.